The second kappa shape index (κ2) is 11.5. The van der Waals surface area contributed by atoms with Crippen LogP contribution in [0, 0.1) is 0 Å². The lowest BCUT2D eigenvalue weighted by atomic mass is 10.1. The van der Waals surface area contributed by atoms with Crippen molar-refractivity contribution in [1.29, 1.82) is 0 Å². The van der Waals surface area contributed by atoms with Crippen molar-refractivity contribution in [3.63, 3.8) is 0 Å². The van der Waals surface area contributed by atoms with Gasteiger partial charge in [0.1, 0.15) is 12.6 Å². The number of nitrogens with one attached hydrogen (secondary N) is 1. The molecule has 0 heterocycles. The number of alkyl halides is 3. The molecule has 1 atom stereocenters. The van der Waals surface area contributed by atoms with Crippen LogP contribution in [0.2, 0.25) is 10.0 Å². The summed E-state index contributed by atoms with van der Waals surface area (Å²) in [4.78, 5) is 27.5. The zero-order valence-corrected chi connectivity index (χ0v) is 23.2. The SMILES string of the molecule is CC(C(=O)NC(C)(C)C)N(Cc1ccccc1Cl)C(=O)CN(c1ccc(Cl)c(C(F)(F)F)c1)S(C)(=O)=O. The number of halogens is 5. The van der Waals surface area contributed by atoms with Crippen LogP contribution in [-0.4, -0.2) is 49.5 Å². The van der Waals surface area contributed by atoms with E-state index < -0.39 is 62.4 Å². The van der Waals surface area contributed by atoms with Gasteiger partial charge in [-0.05, 0) is 57.5 Å². The number of benzene rings is 2. The van der Waals surface area contributed by atoms with Crippen LogP contribution in [0.5, 0.6) is 0 Å². The first kappa shape index (κ1) is 30.7. The third-order valence-electron chi connectivity index (χ3n) is 5.19. The van der Waals surface area contributed by atoms with Crippen LogP contribution in [0.15, 0.2) is 42.5 Å². The van der Waals surface area contributed by atoms with Crippen molar-refractivity contribution in [2.24, 2.45) is 0 Å². The number of hydrogen-bond acceptors (Lipinski definition) is 4. The molecular weight excluding hydrogens is 554 g/mol. The summed E-state index contributed by atoms with van der Waals surface area (Å²) in [7, 11) is -4.23. The Bertz CT molecular complexity index is 1260. The summed E-state index contributed by atoms with van der Waals surface area (Å²) < 4.78 is 65.9. The molecule has 1 N–H and O–H groups in total. The van der Waals surface area contributed by atoms with Gasteiger partial charge in [0.15, 0.2) is 0 Å². The van der Waals surface area contributed by atoms with Crippen LogP contribution in [-0.2, 0) is 32.3 Å². The molecule has 0 saturated heterocycles. The van der Waals surface area contributed by atoms with Crippen molar-refractivity contribution in [2.45, 2.75) is 52.0 Å². The maximum Gasteiger partial charge on any atom is 0.417 e. The number of carbonyl (C=O) groups excluding carboxylic acids is 2. The van der Waals surface area contributed by atoms with Crippen molar-refractivity contribution >= 4 is 50.7 Å². The minimum Gasteiger partial charge on any atom is -0.350 e. The van der Waals surface area contributed by atoms with E-state index in [-0.39, 0.29) is 6.54 Å². The fourth-order valence-electron chi connectivity index (χ4n) is 3.37. The van der Waals surface area contributed by atoms with E-state index in [2.05, 4.69) is 5.32 Å². The van der Waals surface area contributed by atoms with E-state index in [0.717, 1.165) is 23.3 Å². The molecule has 2 aromatic rings. The van der Waals surface area contributed by atoms with Gasteiger partial charge >= 0.3 is 6.18 Å². The maximum absolute atomic E-state index is 13.5. The van der Waals surface area contributed by atoms with Gasteiger partial charge in [-0.15, -0.1) is 0 Å². The number of rotatable bonds is 8. The van der Waals surface area contributed by atoms with E-state index in [4.69, 9.17) is 23.2 Å². The number of nitrogens with zero attached hydrogens (tertiary/aromatic N) is 2. The molecule has 13 heteroatoms. The molecule has 0 bridgehead atoms. The Labute approximate surface area is 224 Å². The predicted molar refractivity (Wildman–Crippen MR) is 138 cm³/mol. The summed E-state index contributed by atoms with van der Waals surface area (Å²) in [6, 6.07) is 8.06. The number of hydrogen-bond donors (Lipinski definition) is 1. The molecule has 0 radical (unpaired) electrons. The predicted octanol–water partition coefficient (Wildman–Crippen LogP) is 5.11. The highest BCUT2D eigenvalue weighted by Crippen LogP contribution is 2.37. The lowest BCUT2D eigenvalue weighted by Crippen LogP contribution is -2.54. The fourth-order valence-corrected chi connectivity index (χ4v) is 4.63. The van der Waals surface area contributed by atoms with Crippen molar-refractivity contribution in [2.75, 3.05) is 17.1 Å². The first-order valence-corrected chi connectivity index (χ1v) is 13.6. The molecule has 0 aliphatic carbocycles. The highest BCUT2D eigenvalue weighted by Gasteiger charge is 2.36. The Balaban J connectivity index is 2.51. The molecular formula is C24H28Cl2F3N3O4S. The van der Waals surface area contributed by atoms with Gasteiger partial charge in [0, 0.05) is 17.1 Å². The third-order valence-corrected chi connectivity index (χ3v) is 7.03. The first-order chi connectivity index (χ1) is 16.8. The average molecular weight is 582 g/mol. The largest absolute Gasteiger partial charge is 0.417 e. The molecule has 2 rings (SSSR count). The Morgan fingerprint density at radius 3 is 2.14 bits per heavy atom. The Morgan fingerprint density at radius 1 is 1.03 bits per heavy atom. The number of amides is 2. The minimum absolute atomic E-state index is 0.150. The van der Waals surface area contributed by atoms with Crippen molar-refractivity contribution < 1.29 is 31.2 Å². The number of carbonyl (C=O) groups is 2. The lowest BCUT2D eigenvalue weighted by Gasteiger charge is -2.33. The smallest absolute Gasteiger partial charge is 0.350 e. The summed E-state index contributed by atoms with van der Waals surface area (Å²) in [6.45, 7) is 5.70. The average Bonchev–Trinajstić information content (AvgIpc) is 2.74. The standard InChI is InChI=1S/C24H28Cl2F3N3O4S/c1-15(22(34)30-23(2,3)4)31(13-16-8-6-7-9-19(16)25)21(33)14-32(37(5,35)36)17-10-11-20(26)18(12-17)24(27,28)29/h6-12,15H,13-14H2,1-5H3,(H,30,34). The topological polar surface area (TPSA) is 86.8 Å². The van der Waals surface area contributed by atoms with Crippen molar-refractivity contribution in [3.05, 3.63) is 63.6 Å². The van der Waals surface area contributed by atoms with Crippen LogP contribution in [0.3, 0.4) is 0 Å². The molecule has 1 unspecified atom stereocenters. The molecule has 204 valence electrons. The summed E-state index contributed by atoms with van der Waals surface area (Å²) in [5.74, 6) is -1.34. The molecule has 7 nitrogen and oxygen atoms in total. The van der Waals surface area contributed by atoms with Gasteiger partial charge in [-0.2, -0.15) is 13.2 Å². The second-order valence-electron chi connectivity index (χ2n) is 9.46. The molecule has 0 aromatic heterocycles. The first-order valence-electron chi connectivity index (χ1n) is 11.0. The summed E-state index contributed by atoms with van der Waals surface area (Å²) in [5, 5.41) is 2.46. The van der Waals surface area contributed by atoms with E-state index in [1.807, 2.05) is 0 Å². The van der Waals surface area contributed by atoms with Gasteiger partial charge in [0.25, 0.3) is 0 Å². The Kier molecular flexibility index (Phi) is 9.54. The molecule has 0 fully saturated rings. The van der Waals surface area contributed by atoms with E-state index in [1.54, 1.807) is 45.0 Å². The van der Waals surface area contributed by atoms with E-state index >= 15 is 0 Å². The molecule has 0 saturated carbocycles. The Morgan fingerprint density at radius 2 is 1.62 bits per heavy atom. The zero-order chi connectivity index (χ0) is 28.3. The van der Waals surface area contributed by atoms with Gasteiger partial charge < -0.3 is 10.2 Å². The summed E-state index contributed by atoms with van der Waals surface area (Å²) in [5.41, 5.74) is -1.79. The normalized spacial score (nSPS) is 13.1. The van der Waals surface area contributed by atoms with Gasteiger partial charge in [-0.1, -0.05) is 41.4 Å². The molecule has 2 aromatic carbocycles. The van der Waals surface area contributed by atoms with Crippen molar-refractivity contribution in [3.8, 4) is 0 Å². The van der Waals surface area contributed by atoms with Crippen LogP contribution in [0.4, 0.5) is 18.9 Å². The quantitative estimate of drug-likeness (QED) is 0.469. The molecule has 0 aliphatic rings. The van der Waals surface area contributed by atoms with Crippen molar-refractivity contribution in [1.82, 2.24) is 10.2 Å². The Hall–Kier alpha value is -2.50. The number of sulfonamides is 1. The van der Waals surface area contributed by atoms with Crippen LogP contribution < -0.4 is 9.62 Å². The zero-order valence-electron chi connectivity index (χ0n) is 20.9. The van der Waals surface area contributed by atoms with Crippen LogP contribution in [0.1, 0.15) is 38.8 Å². The van der Waals surface area contributed by atoms with Gasteiger partial charge in [-0.25, -0.2) is 8.42 Å². The summed E-state index contributed by atoms with van der Waals surface area (Å²) >= 11 is 11.9. The number of anilines is 1. The molecule has 0 spiro atoms. The van der Waals surface area contributed by atoms with Gasteiger partial charge in [0.05, 0.1) is 22.5 Å². The highest BCUT2D eigenvalue weighted by molar-refractivity contribution is 7.92. The van der Waals surface area contributed by atoms with Gasteiger partial charge in [-0.3, -0.25) is 13.9 Å². The van der Waals surface area contributed by atoms with Crippen LogP contribution in [0.25, 0.3) is 0 Å². The molecule has 0 aliphatic heterocycles. The van der Waals surface area contributed by atoms with E-state index in [0.29, 0.717) is 21.0 Å². The van der Waals surface area contributed by atoms with Gasteiger partial charge in [0.2, 0.25) is 21.8 Å². The van der Waals surface area contributed by atoms with E-state index in [9.17, 15) is 31.2 Å². The minimum atomic E-state index is -4.85. The lowest BCUT2D eigenvalue weighted by molar-refractivity contribution is -0.140. The summed E-state index contributed by atoms with van der Waals surface area (Å²) in [6.07, 6.45) is -4.09. The maximum atomic E-state index is 13.5. The highest BCUT2D eigenvalue weighted by atomic mass is 35.5. The van der Waals surface area contributed by atoms with Crippen LogP contribution >= 0.6 is 23.2 Å². The fraction of sp³-hybridized carbons (Fsp3) is 0.417. The third kappa shape index (κ3) is 8.51. The van der Waals surface area contributed by atoms with E-state index in [1.165, 1.54) is 6.92 Å². The molecule has 37 heavy (non-hydrogen) atoms. The second-order valence-corrected chi connectivity index (χ2v) is 12.2. The molecule has 2 amide bonds. The monoisotopic (exact) mass is 581 g/mol.